The van der Waals surface area contributed by atoms with Crippen LogP contribution in [0.1, 0.15) is 49.5 Å². The SMILES string of the molecule is CCC[C@H]1CC1n1cnc2cc(C(C)=O)ccc21. The second-order valence-electron chi connectivity index (χ2n) is 5.26. The predicted molar refractivity (Wildman–Crippen MR) is 71.8 cm³/mol. The maximum absolute atomic E-state index is 11.3. The Bertz CT molecular complexity index is 600. The number of nitrogens with zero attached hydrogens (tertiary/aromatic N) is 2. The van der Waals surface area contributed by atoms with E-state index >= 15 is 0 Å². The molecule has 0 saturated heterocycles. The van der Waals surface area contributed by atoms with Gasteiger partial charge in [-0.2, -0.15) is 0 Å². The Morgan fingerprint density at radius 2 is 2.33 bits per heavy atom. The molecule has 2 aromatic rings. The van der Waals surface area contributed by atoms with Crippen LogP contribution in [-0.4, -0.2) is 15.3 Å². The number of aromatic nitrogens is 2. The second kappa shape index (κ2) is 4.23. The van der Waals surface area contributed by atoms with Crippen LogP contribution in [0, 0.1) is 5.92 Å². The van der Waals surface area contributed by atoms with E-state index < -0.39 is 0 Å². The Kier molecular flexibility index (Phi) is 2.69. The number of Topliss-reactive ketones (excluding diaryl/α,β-unsaturated/α-hetero) is 1. The zero-order valence-electron chi connectivity index (χ0n) is 10.9. The summed E-state index contributed by atoms with van der Waals surface area (Å²) in [4.78, 5) is 15.8. The third kappa shape index (κ3) is 1.84. The van der Waals surface area contributed by atoms with E-state index in [1.807, 2.05) is 24.5 Å². The first-order valence-electron chi connectivity index (χ1n) is 6.68. The molecule has 0 amide bonds. The smallest absolute Gasteiger partial charge is 0.159 e. The number of rotatable bonds is 4. The van der Waals surface area contributed by atoms with Gasteiger partial charge in [0.05, 0.1) is 17.4 Å². The molecule has 0 spiro atoms. The van der Waals surface area contributed by atoms with E-state index in [1.165, 1.54) is 19.3 Å². The largest absolute Gasteiger partial charge is 0.327 e. The minimum atomic E-state index is 0.0988. The van der Waals surface area contributed by atoms with E-state index in [2.05, 4.69) is 16.5 Å². The van der Waals surface area contributed by atoms with Crippen molar-refractivity contribution >= 4 is 16.8 Å². The van der Waals surface area contributed by atoms with E-state index in [1.54, 1.807) is 6.92 Å². The standard InChI is InChI=1S/C15H18N2O/c1-3-4-12-8-15(12)17-9-16-13-7-11(10(2)18)5-6-14(13)17/h5-7,9,12,15H,3-4,8H2,1-2H3/t12-,15?/m0/s1. The van der Waals surface area contributed by atoms with Gasteiger partial charge in [-0.3, -0.25) is 4.79 Å². The molecule has 3 nitrogen and oxygen atoms in total. The number of carbonyl (C=O) groups excluding carboxylic acids is 1. The number of carbonyl (C=O) groups is 1. The maximum atomic E-state index is 11.3. The van der Waals surface area contributed by atoms with Crippen LogP contribution in [0.5, 0.6) is 0 Å². The van der Waals surface area contributed by atoms with Gasteiger partial charge in [0, 0.05) is 11.6 Å². The Hall–Kier alpha value is -1.64. The average Bonchev–Trinajstić information content (AvgIpc) is 2.99. The van der Waals surface area contributed by atoms with Crippen LogP contribution in [0.4, 0.5) is 0 Å². The lowest BCUT2D eigenvalue weighted by atomic mass is 10.1. The van der Waals surface area contributed by atoms with E-state index in [0.717, 1.165) is 22.5 Å². The number of hydrogen-bond donors (Lipinski definition) is 0. The number of ketones is 1. The van der Waals surface area contributed by atoms with Crippen molar-refractivity contribution in [2.75, 3.05) is 0 Å². The second-order valence-corrected chi connectivity index (χ2v) is 5.26. The first kappa shape index (κ1) is 11.5. The molecule has 18 heavy (non-hydrogen) atoms. The minimum absolute atomic E-state index is 0.0988. The number of benzene rings is 1. The molecule has 1 aliphatic rings. The highest BCUT2D eigenvalue weighted by Gasteiger charge is 2.38. The van der Waals surface area contributed by atoms with Gasteiger partial charge in [-0.15, -0.1) is 0 Å². The molecular weight excluding hydrogens is 224 g/mol. The molecule has 0 radical (unpaired) electrons. The topological polar surface area (TPSA) is 34.9 Å². The molecule has 1 fully saturated rings. The van der Waals surface area contributed by atoms with Gasteiger partial charge in [0.2, 0.25) is 0 Å². The fourth-order valence-electron chi connectivity index (χ4n) is 2.77. The minimum Gasteiger partial charge on any atom is -0.327 e. The van der Waals surface area contributed by atoms with Crippen molar-refractivity contribution in [2.24, 2.45) is 5.92 Å². The molecule has 1 aliphatic carbocycles. The summed E-state index contributed by atoms with van der Waals surface area (Å²) in [6.07, 6.45) is 5.75. The Labute approximate surface area is 107 Å². The summed E-state index contributed by atoms with van der Waals surface area (Å²) in [5.74, 6) is 0.918. The fraction of sp³-hybridized carbons (Fsp3) is 0.467. The van der Waals surface area contributed by atoms with E-state index in [0.29, 0.717) is 6.04 Å². The molecule has 3 heteroatoms. The van der Waals surface area contributed by atoms with Crippen LogP contribution >= 0.6 is 0 Å². The first-order valence-corrected chi connectivity index (χ1v) is 6.68. The fourth-order valence-corrected chi connectivity index (χ4v) is 2.77. The van der Waals surface area contributed by atoms with Crippen molar-refractivity contribution < 1.29 is 4.79 Å². The average molecular weight is 242 g/mol. The maximum Gasteiger partial charge on any atom is 0.159 e. The van der Waals surface area contributed by atoms with Gasteiger partial charge in [0.1, 0.15) is 0 Å². The molecule has 3 rings (SSSR count). The summed E-state index contributed by atoms with van der Waals surface area (Å²) in [6, 6.07) is 6.45. The lowest BCUT2D eigenvalue weighted by Crippen LogP contribution is -1.95. The van der Waals surface area contributed by atoms with Crippen molar-refractivity contribution in [3.63, 3.8) is 0 Å². The third-order valence-corrected chi connectivity index (χ3v) is 3.88. The highest BCUT2D eigenvalue weighted by Crippen LogP contribution is 2.47. The van der Waals surface area contributed by atoms with Crippen LogP contribution in [0.3, 0.4) is 0 Å². The molecular formula is C15H18N2O. The molecule has 1 saturated carbocycles. The lowest BCUT2D eigenvalue weighted by Gasteiger charge is -2.03. The van der Waals surface area contributed by atoms with Gasteiger partial charge < -0.3 is 4.57 Å². The van der Waals surface area contributed by atoms with Gasteiger partial charge in [-0.1, -0.05) is 13.3 Å². The van der Waals surface area contributed by atoms with Gasteiger partial charge in [-0.25, -0.2) is 4.98 Å². The molecule has 94 valence electrons. The quantitative estimate of drug-likeness (QED) is 0.768. The molecule has 0 aliphatic heterocycles. The van der Waals surface area contributed by atoms with Gasteiger partial charge in [0.15, 0.2) is 5.78 Å². The zero-order chi connectivity index (χ0) is 12.7. The lowest BCUT2D eigenvalue weighted by molar-refractivity contribution is 0.101. The van der Waals surface area contributed by atoms with E-state index in [4.69, 9.17) is 0 Å². The predicted octanol–water partition coefficient (Wildman–Crippen LogP) is 3.60. The van der Waals surface area contributed by atoms with E-state index in [9.17, 15) is 4.79 Å². The number of fused-ring (bicyclic) bond motifs is 1. The number of imidazole rings is 1. The van der Waals surface area contributed by atoms with Crippen molar-refractivity contribution in [3.05, 3.63) is 30.1 Å². The Morgan fingerprint density at radius 3 is 3.06 bits per heavy atom. The van der Waals surface area contributed by atoms with Gasteiger partial charge in [-0.05, 0) is 43.9 Å². The van der Waals surface area contributed by atoms with Gasteiger partial charge in [0.25, 0.3) is 0 Å². The summed E-state index contributed by atoms with van der Waals surface area (Å²) < 4.78 is 2.28. The van der Waals surface area contributed by atoms with Crippen molar-refractivity contribution in [1.82, 2.24) is 9.55 Å². The third-order valence-electron chi connectivity index (χ3n) is 3.88. The summed E-state index contributed by atoms with van der Waals surface area (Å²) in [5.41, 5.74) is 2.84. The normalized spacial score (nSPS) is 22.3. The molecule has 1 aromatic heterocycles. The van der Waals surface area contributed by atoms with Crippen LogP contribution in [0.15, 0.2) is 24.5 Å². The Morgan fingerprint density at radius 1 is 1.50 bits per heavy atom. The molecule has 0 N–H and O–H groups in total. The number of hydrogen-bond acceptors (Lipinski definition) is 2. The summed E-state index contributed by atoms with van der Waals surface area (Å²) in [6.45, 7) is 3.83. The summed E-state index contributed by atoms with van der Waals surface area (Å²) >= 11 is 0. The molecule has 1 heterocycles. The molecule has 0 bridgehead atoms. The van der Waals surface area contributed by atoms with Crippen molar-refractivity contribution in [2.45, 2.75) is 39.2 Å². The van der Waals surface area contributed by atoms with Crippen LogP contribution in [-0.2, 0) is 0 Å². The molecule has 2 atom stereocenters. The monoisotopic (exact) mass is 242 g/mol. The zero-order valence-corrected chi connectivity index (χ0v) is 10.9. The summed E-state index contributed by atoms with van der Waals surface area (Å²) in [5, 5.41) is 0. The van der Waals surface area contributed by atoms with Crippen molar-refractivity contribution in [3.8, 4) is 0 Å². The molecule has 1 aromatic carbocycles. The van der Waals surface area contributed by atoms with Crippen LogP contribution in [0.2, 0.25) is 0 Å². The first-order chi connectivity index (χ1) is 8.70. The highest BCUT2D eigenvalue weighted by molar-refractivity contribution is 5.97. The molecule has 1 unspecified atom stereocenters. The highest BCUT2D eigenvalue weighted by atomic mass is 16.1. The van der Waals surface area contributed by atoms with Crippen LogP contribution < -0.4 is 0 Å². The van der Waals surface area contributed by atoms with Gasteiger partial charge >= 0.3 is 0 Å². The van der Waals surface area contributed by atoms with E-state index in [-0.39, 0.29) is 5.78 Å². The van der Waals surface area contributed by atoms with Crippen molar-refractivity contribution in [1.29, 1.82) is 0 Å². The van der Waals surface area contributed by atoms with Crippen LogP contribution in [0.25, 0.3) is 11.0 Å². The summed E-state index contributed by atoms with van der Waals surface area (Å²) in [7, 11) is 0. The Balaban J connectivity index is 1.94.